The smallest absolute Gasteiger partial charge is 0.347 e. The number of halogens is 5. The number of amides is 1. The second-order valence-electron chi connectivity index (χ2n) is 6.53. The van der Waals surface area contributed by atoms with Gasteiger partial charge in [0.25, 0.3) is 5.91 Å². The minimum absolute atomic E-state index is 0.0302. The van der Waals surface area contributed by atoms with E-state index in [0.29, 0.717) is 5.56 Å². The summed E-state index contributed by atoms with van der Waals surface area (Å²) < 4.78 is 55.1. The summed E-state index contributed by atoms with van der Waals surface area (Å²) >= 11 is 7.11. The molecule has 2 aromatic heterocycles. The maximum Gasteiger partial charge on any atom is 0.416 e. The molecule has 5 nitrogen and oxygen atoms in total. The molecule has 0 saturated heterocycles. The molecule has 1 amide bonds. The van der Waals surface area contributed by atoms with Crippen LogP contribution in [0.5, 0.6) is 0 Å². The lowest BCUT2D eigenvalue weighted by atomic mass is 9.99. The van der Waals surface area contributed by atoms with Gasteiger partial charge < -0.3 is 11.1 Å². The molecule has 160 valence electrons. The molecule has 0 radical (unpaired) electrons. The lowest BCUT2D eigenvalue weighted by Gasteiger charge is -2.19. The monoisotopic (exact) mass is 460 g/mol. The molecule has 11 heteroatoms. The SMILES string of the molecule is Cn1ncc(F)c1-c1cc(C(=O)N[C@H](CN)Cc2ccccc2C(F)(F)F)sc1Cl. The summed E-state index contributed by atoms with van der Waals surface area (Å²) in [5.41, 5.74) is 5.37. The average Bonchev–Trinajstić information content (AvgIpc) is 3.22. The van der Waals surface area contributed by atoms with Crippen molar-refractivity contribution in [2.24, 2.45) is 12.8 Å². The number of hydrogen-bond donors (Lipinski definition) is 2. The van der Waals surface area contributed by atoms with E-state index < -0.39 is 29.5 Å². The zero-order valence-corrected chi connectivity index (χ0v) is 17.2. The Kier molecular flexibility index (Phi) is 6.49. The first-order valence-corrected chi connectivity index (χ1v) is 9.94. The van der Waals surface area contributed by atoms with E-state index in [9.17, 15) is 22.4 Å². The van der Waals surface area contributed by atoms with E-state index >= 15 is 0 Å². The number of alkyl halides is 3. The van der Waals surface area contributed by atoms with E-state index in [1.807, 2.05) is 0 Å². The lowest BCUT2D eigenvalue weighted by Crippen LogP contribution is -2.41. The van der Waals surface area contributed by atoms with E-state index in [-0.39, 0.29) is 33.4 Å². The maximum atomic E-state index is 14.0. The van der Waals surface area contributed by atoms with E-state index in [1.54, 1.807) is 0 Å². The van der Waals surface area contributed by atoms with Crippen molar-refractivity contribution in [3.05, 3.63) is 62.7 Å². The highest BCUT2D eigenvalue weighted by Crippen LogP contribution is 2.37. The molecule has 3 rings (SSSR count). The standard InChI is InChI=1S/C19H17ClF4N4OS/c1-28-16(14(21)9-26-28)12-7-15(30-17(12)20)18(29)27-11(8-25)6-10-4-2-3-5-13(10)19(22,23)24/h2-5,7,9,11H,6,8,25H2,1H3,(H,27,29)/t11-/m0/s1. The Hall–Kier alpha value is -2.43. The van der Waals surface area contributed by atoms with Crippen LogP contribution in [0.15, 0.2) is 36.5 Å². The van der Waals surface area contributed by atoms with Gasteiger partial charge in [0, 0.05) is 25.2 Å². The summed E-state index contributed by atoms with van der Waals surface area (Å²) in [6.45, 7) is -0.0692. The predicted molar refractivity (Wildman–Crippen MR) is 107 cm³/mol. The Morgan fingerprint density at radius 1 is 1.37 bits per heavy atom. The molecule has 0 aliphatic heterocycles. The van der Waals surface area contributed by atoms with Crippen LogP contribution in [0, 0.1) is 5.82 Å². The number of rotatable bonds is 6. The number of carbonyl (C=O) groups excluding carboxylic acids is 1. The summed E-state index contributed by atoms with van der Waals surface area (Å²) in [6.07, 6.45) is -3.57. The van der Waals surface area contributed by atoms with E-state index in [4.69, 9.17) is 17.3 Å². The van der Waals surface area contributed by atoms with Crippen LogP contribution in [0.1, 0.15) is 20.8 Å². The van der Waals surface area contributed by atoms with Gasteiger partial charge in [-0.15, -0.1) is 11.3 Å². The van der Waals surface area contributed by atoms with Gasteiger partial charge in [0.15, 0.2) is 5.82 Å². The van der Waals surface area contributed by atoms with Gasteiger partial charge in [-0.05, 0) is 24.1 Å². The number of nitrogens with two attached hydrogens (primary N) is 1. The van der Waals surface area contributed by atoms with Gasteiger partial charge in [0.1, 0.15) is 10.0 Å². The molecule has 0 saturated carbocycles. The molecule has 0 spiro atoms. The third-order valence-corrected chi connectivity index (χ3v) is 5.83. The summed E-state index contributed by atoms with van der Waals surface area (Å²) in [5, 5.41) is 6.43. The first-order valence-electron chi connectivity index (χ1n) is 8.75. The number of carbonyl (C=O) groups is 1. The molecule has 1 atom stereocenters. The minimum Gasteiger partial charge on any atom is -0.347 e. The predicted octanol–water partition coefficient (Wildman–Crippen LogP) is 4.26. The maximum absolute atomic E-state index is 14.0. The fourth-order valence-corrected chi connectivity index (χ4v) is 4.23. The third-order valence-electron chi connectivity index (χ3n) is 4.47. The molecule has 3 N–H and O–H groups in total. The highest BCUT2D eigenvalue weighted by molar-refractivity contribution is 7.18. The van der Waals surface area contributed by atoms with Crippen molar-refractivity contribution in [3.63, 3.8) is 0 Å². The first kappa shape index (κ1) is 22.3. The van der Waals surface area contributed by atoms with Crippen molar-refractivity contribution >= 4 is 28.8 Å². The summed E-state index contributed by atoms with van der Waals surface area (Å²) in [6, 6.07) is 5.81. The van der Waals surface area contributed by atoms with Crippen LogP contribution in [0.25, 0.3) is 11.3 Å². The number of hydrogen-bond acceptors (Lipinski definition) is 4. The Morgan fingerprint density at radius 3 is 2.67 bits per heavy atom. The van der Waals surface area contributed by atoms with E-state index in [1.165, 1.54) is 36.0 Å². The molecule has 0 bridgehead atoms. The van der Waals surface area contributed by atoms with Crippen molar-refractivity contribution in [2.75, 3.05) is 6.54 Å². The number of aryl methyl sites for hydroxylation is 1. The third kappa shape index (κ3) is 4.66. The fraction of sp³-hybridized carbons (Fsp3) is 0.263. The molecule has 3 aromatic rings. The zero-order valence-electron chi connectivity index (χ0n) is 15.6. The van der Waals surface area contributed by atoms with E-state index in [0.717, 1.165) is 23.6 Å². The minimum atomic E-state index is -4.51. The highest BCUT2D eigenvalue weighted by Gasteiger charge is 2.33. The summed E-state index contributed by atoms with van der Waals surface area (Å²) in [7, 11) is 1.54. The molecular formula is C19H17ClF4N4OS. The second kappa shape index (κ2) is 8.75. The number of nitrogens with one attached hydrogen (secondary N) is 1. The molecule has 0 aliphatic rings. The van der Waals surface area contributed by atoms with Crippen molar-refractivity contribution in [1.29, 1.82) is 0 Å². The van der Waals surface area contributed by atoms with Crippen molar-refractivity contribution in [3.8, 4) is 11.3 Å². The van der Waals surface area contributed by atoms with Crippen LogP contribution in [0.2, 0.25) is 4.34 Å². The van der Waals surface area contributed by atoms with Gasteiger partial charge in [0.2, 0.25) is 0 Å². The molecule has 0 aliphatic carbocycles. The van der Waals surface area contributed by atoms with Crippen molar-refractivity contribution in [1.82, 2.24) is 15.1 Å². The largest absolute Gasteiger partial charge is 0.416 e. The fourth-order valence-electron chi connectivity index (χ4n) is 3.05. The highest BCUT2D eigenvalue weighted by atomic mass is 35.5. The second-order valence-corrected chi connectivity index (χ2v) is 8.18. The Labute approximate surface area is 178 Å². The molecule has 0 unspecified atom stereocenters. The zero-order chi connectivity index (χ0) is 22.1. The number of thiophene rings is 1. The Balaban J connectivity index is 1.80. The van der Waals surface area contributed by atoms with Crippen molar-refractivity contribution in [2.45, 2.75) is 18.6 Å². The van der Waals surface area contributed by atoms with Crippen LogP contribution >= 0.6 is 22.9 Å². The van der Waals surface area contributed by atoms with Gasteiger partial charge in [-0.3, -0.25) is 9.48 Å². The van der Waals surface area contributed by atoms with Crippen LogP contribution < -0.4 is 11.1 Å². The number of benzene rings is 1. The topological polar surface area (TPSA) is 72.9 Å². The van der Waals surface area contributed by atoms with Crippen molar-refractivity contribution < 1.29 is 22.4 Å². The first-order chi connectivity index (χ1) is 14.1. The Bertz CT molecular complexity index is 1040. The average molecular weight is 461 g/mol. The normalized spacial score (nSPS) is 12.8. The van der Waals surface area contributed by atoms with Gasteiger partial charge in [0.05, 0.1) is 16.6 Å². The Morgan fingerprint density at radius 2 is 2.07 bits per heavy atom. The van der Waals surface area contributed by atoms with Crippen LogP contribution in [-0.4, -0.2) is 28.3 Å². The molecule has 30 heavy (non-hydrogen) atoms. The molecule has 0 fully saturated rings. The van der Waals surface area contributed by atoms with Gasteiger partial charge >= 0.3 is 6.18 Å². The summed E-state index contributed by atoms with van der Waals surface area (Å²) in [5.74, 6) is -1.15. The molecular weight excluding hydrogens is 444 g/mol. The van der Waals surface area contributed by atoms with Crippen LogP contribution in [0.4, 0.5) is 17.6 Å². The molecule has 2 heterocycles. The van der Waals surface area contributed by atoms with Gasteiger partial charge in [-0.2, -0.15) is 18.3 Å². The van der Waals surface area contributed by atoms with E-state index in [2.05, 4.69) is 10.4 Å². The van der Waals surface area contributed by atoms with Gasteiger partial charge in [-0.1, -0.05) is 29.8 Å². The number of nitrogens with zero attached hydrogens (tertiary/aromatic N) is 2. The van der Waals surface area contributed by atoms with Gasteiger partial charge in [-0.25, -0.2) is 4.39 Å². The lowest BCUT2D eigenvalue weighted by molar-refractivity contribution is -0.138. The van der Waals surface area contributed by atoms with Crippen LogP contribution in [0.3, 0.4) is 0 Å². The number of aromatic nitrogens is 2. The van der Waals surface area contributed by atoms with Crippen LogP contribution in [-0.2, 0) is 19.6 Å². The molecule has 1 aromatic carbocycles. The quantitative estimate of drug-likeness (QED) is 0.540. The summed E-state index contributed by atoms with van der Waals surface area (Å²) in [4.78, 5) is 12.8.